The quantitative estimate of drug-likeness (QED) is 0.0168. The first kappa shape index (κ1) is 86.7. The van der Waals surface area contributed by atoms with Crippen LogP contribution in [-0.2, 0) is 88.7 Å². The van der Waals surface area contributed by atoms with Crippen LogP contribution in [0.25, 0.3) is 32.3 Å². The minimum Gasteiger partial charge on any atom is -0.445 e. The number of hydrogen-bond donors (Lipinski definition) is 0. The summed E-state index contributed by atoms with van der Waals surface area (Å²) in [6.45, 7) is 8.57. The van der Waals surface area contributed by atoms with Crippen molar-refractivity contribution in [3.05, 3.63) is 270 Å². The van der Waals surface area contributed by atoms with Gasteiger partial charge in [0.05, 0.1) is 65.0 Å². The van der Waals surface area contributed by atoms with Crippen molar-refractivity contribution in [1.29, 1.82) is 0 Å². The number of aromatic nitrogens is 3. The van der Waals surface area contributed by atoms with E-state index in [1.54, 1.807) is 118 Å². The number of sulfonamides is 6. The first-order valence-electron chi connectivity index (χ1n) is 34.7. The molecule has 0 amide bonds. The SMILES string of the molecule is CCN(c1cnc(N(COC=O)S(=O)(=O)c2ccc(C)cc2)c2ccccc12)S(=O)(=O)c1ccc(Cl)cc1.CCN(c1cnc(N(COC=O)S(=O)(=O)c2ccc(C)cc2)c2ccccc12)S(=O)(=O)c1ccc(Cl)cc1.CCN(c1cnc(N(COC=O)S(=O)(=O)c2ccc(F)cc2)c2ccccc12)S(=O)(=O)c1ccc(C(C)=O)cc1. The summed E-state index contributed by atoms with van der Waals surface area (Å²) in [7, 11) is -24.9. The van der Waals surface area contributed by atoms with E-state index in [1.807, 2.05) is 13.8 Å². The maximum atomic E-state index is 13.6. The number of nitrogens with zero attached hydrogens (tertiary/aromatic N) is 9. The average Bonchev–Trinajstić information content (AvgIpc) is 0.757. The highest BCUT2D eigenvalue weighted by Crippen LogP contribution is 2.41. The number of halogens is 3. The summed E-state index contributed by atoms with van der Waals surface area (Å²) in [6.07, 6.45) is 3.82. The first-order valence-corrected chi connectivity index (χ1v) is 44.1. The number of ether oxygens (including phenoxy) is 3. The molecule has 0 saturated heterocycles. The lowest BCUT2D eigenvalue weighted by atomic mass is 10.1. The van der Waals surface area contributed by atoms with Crippen LogP contribution in [0.4, 0.5) is 38.9 Å². The lowest BCUT2D eigenvalue weighted by Crippen LogP contribution is -2.35. The van der Waals surface area contributed by atoms with Crippen molar-refractivity contribution in [1.82, 2.24) is 15.0 Å². The van der Waals surface area contributed by atoms with Crippen molar-refractivity contribution in [3.8, 4) is 0 Å². The van der Waals surface area contributed by atoms with Crippen LogP contribution in [-0.4, -0.2) is 130 Å². The number of aryl methyl sites for hydroxylation is 2. The number of carbonyl (C=O) groups is 4. The highest BCUT2D eigenvalue weighted by molar-refractivity contribution is 7.94. The van der Waals surface area contributed by atoms with Crippen molar-refractivity contribution in [2.75, 3.05) is 65.7 Å². The Morgan fingerprint density at radius 1 is 0.345 bits per heavy atom. The van der Waals surface area contributed by atoms with Crippen LogP contribution in [0.15, 0.2) is 266 Å². The van der Waals surface area contributed by atoms with E-state index in [0.717, 1.165) is 52.6 Å². The van der Waals surface area contributed by atoms with E-state index in [9.17, 15) is 74.1 Å². The van der Waals surface area contributed by atoms with Gasteiger partial charge in [0.25, 0.3) is 79.6 Å². The van der Waals surface area contributed by atoms with Gasteiger partial charge in [-0.05, 0) is 151 Å². The van der Waals surface area contributed by atoms with E-state index < -0.39 is 86.1 Å². The van der Waals surface area contributed by atoms with Gasteiger partial charge < -0.3 is 14.2 Å². The molecule has 3 heterocycles. The third-order valence-electron chi connectivity index (χ3n) is 17.7. The normalized spacial score (nSPS) is 11.7. The maximum absolute atomic E-state index is 13.6. The number of hydrogen-bond acceptors (Lipinski definition) is 22. The number of pyridine rings is 3. The van der Waals surface area contributed by atoms with Crippen LogP contribution in [0.3, 0.4) is 0 Å². The van der Waals surface area contributed by atoms with Gasteiger partial charge in [0, 0.05) is 67.6 Å². The second-order valence-electron chi connectivity index (χ2n) is 24.9. The number of ketones is 1. The van der Waals surface area contributed by atoms with E-state index in [4.69, 9.17) is 37.4 Å². The molecule has 28 nitrogen and oxygen atoms in total. The number of fused-ring (bicyclic) bond motifs is 3. The van der Waals surface area contributed by atoms with Gasteiger partial charge >= 0.3 is 0 Å². The molecule has 3 aromatic heterocycles. The van der Waals surface area contributed by atoms with Gasteiger partial charge in [-0.3, -0.25) is 32.1 Å². The zero-order valence-corrected chi connectivity index (χ0v) is 68.8. The molecule has 0 aliphatic heterocycles. The predicted octanol–water partition coefficient (Wildman–Crippen LogP) is 13.6. The van der Waals surface area contributed by atoms with Gasteiger partial charge in [0.2, 0.25) is 0 Å². The molecule has 116 heavy (non-hydrogen) atoms. The van der Waals surface area contributed by atoms with Crippen molar-refractivity contribution in [3.63, 3.8) is 0 Å². The Bertz CT molecular complexity index is 6110. The molecule has 12 aromatic rings. The van der Waals surface area contributed by atoms with Crippen LogP contribution in [0.2, 0.25) is 10.0 Å². The Balaban J connectivity index is 0.000000184. The number of Topliss-reactive ketones (excluding diaryl/α,β-unsaturated/α-hetero) is 1. The molecule has 9 aromatic carbocycles. The summed E-state index contributed by atoms with van der Waals surface area (Å²) in [6, 6.07) is 53.5. The van der Waals surface area contributed by atoms with Crippen molar-refractivity contribution >= 4 is 175 Å². The van der Waals surface area contributed by atoms with Gasteiger partial charge in [-0.15, -0.1) is 0 Å². The fourth-order valence-electron chi connectivity index (χ4n) is 12.0. The average molecular weight is 1730 g/mol. The molecule has 0 bridgehead atoms. The highest BCUT2D eigenvalue weighted by Gasteiger charge is 2.36. The third-order valence-corrected chi connectivity index (χ3v) is 29.1. The smallest absolute Gasteiger partial charge is 0.294 e. The number of rotatable bonds is 31. The molecule has 37 heteroatoms. The highest BCUT2D eigenvalue weighted by atomic mass is 35.5. The minimum absolute atomic E-state index is 0.00760. The fraction of sp³-hybridized carbons (Fsp3) is 0.152. The molecule has 12 rings (SSSR count). The molecule has 0 radical (unpaired) electrons. The number of anilines is 6. The largest absolute Gasteiger partial charge is 0.445 e. The first-order chi connectivity index (χ1) is 55.2. The van der Waals surface area contributed by atoms with Crippen LogP contribution < -0.4 is 25.8 Å². The summed E-state index contributed by atoms with van der Waals surface area (Å²) < 4.78 is 197. The molecule has 0 spiro atoms. The van der Waals surface area contributed by atoms with Crippen LogP contribution >= 0.6 is 23.2 Å². The van der Waals surface area contributed by atoms with Crippen molar-refractivity contribution < 1.29 is 88.3 Å². The van der Waals surface area contributed by atoms with E-state index in [2.05, 4.69) is 15.0 Å². The fourth-order valence-corrected chi connectivity index (χ4v) is 20.6. The van der Waals surface area contributed by atoms with Crippen molar-refractivity contribution in [2.45, 2.75) is 70.9 Å². The molecular formula is C79H72Cl2FN9O19S6. The van der Waals surface area contributed by atoms with Gasteiger partial charge in [-0.2, -0.15) is 0 Å². The lowest BCUT2D eigenvalue weighted by molar-refractivity contribution is -0.129. The molecule has 0 saturated carbocycles. The Labute approximate surface area is 679 Å². The van der Waals surface area contributed by atoms with E-state index in [1.165, 1.54) is 131 Å². The second-order valence-corrected chi connectivity index (χ2v) is 36.9. The van der Waals surface area contributed by atoms with Crippen LogP contribution in [0, 0.1) is 19.7 Å². The molecule has 604 valence electrons. The summed E-state index contributed by atoms with van der Waals surface area (Å²) in [5, 5.41) is 2.97. The Hall–Kier alpha value is -11.7. The summed E-state index contributed by atoms with van der Waals surface area (Å²) >= 11 is 11.9. The Kier molecular flexibility index (Phi) is 27.5. The summed E-state index contributed by atoms with van der Waals surface area (Å²) in [4.78, 5) is 57.5. The standard InChI is InChI=1S/C27H24FN3O7S2.2C26H24ClN3O6S2/c1-3-30(39(34,35)22-12-8-20(9-13-22)19(2)33)26-16-29-27(25-7-5-4-6-24(25)26)31(17-38-18-32)40(36,37)23-14-10-21(28)11-15-23;2*1-3-29(37(32,33)22-14-10-20(27)11-15-22)25-16-28-26(24-7-5-4-6-23(24)25)30(17-36-18-31)38(34,35)21-12-8-19(2)9-13-21/h4-16,18H,3,17H2,1-2H3;2*4-16,18H,3,17H2,1-2H3. The molecule has 0 fully saturated rings. The second kappa shape index (κ2) is 36.8. The Morgan fingerprint density at radius 2 is 0.569 bits per heavy atom. The zero-order chi connectivity index (χ0) is 84.1. The van der Waals surface area contributed by atoms with E-state index in [0.29, 0.717) is 42.5 Å². The topological polar surface area (TPSA) is 359 Å². The predicted molar refractivity (Wildman–Crippen MR) is 439 cm³/mol. The summed E-state index contributed by atoms with van der Waals surface area (Å²) in [5.74, 6) is -1.02. The van der Waals surface area contributed by atoms with Gasteiger partial charge in [-0.1, -0.05) is 144 Å². The molecule has 0 aliphatic carbocycles. The maximum Gasteiger partial charge on any atom is 0.294 e. The minimum atomic E-state index is -4.39. The van der Waals surface area contributed by atoms with Crippen LogP contribution in [0.1, 0.15) is 49.2 Å². The third kappa shape index (κ3) is 18.5. The van der Waals surface area contributed by atoms with Gasteiger partial charge in [0.15, 0.2) is 43.4 Å². The molecule has 0 unspecified atom stereocenters. The van der Waals surface area contributed by atoms with E-state index >= 15 is 0 Å². The zero-order valence-electron chi connectivity index (χ0n) is 62.4. The molecule has 0 N–H and O–H groups in total. The van der Waals surface area contributed by atoms with Crippen molar-refractivity contribution in [2.24, 2.45) is 0 Å². The lowest BCUT2D eigenvalue weighted by Gasteiger charge is -2.27. The molecule has 0 aliphatic rings. The number of carbonyl (C=O) groups excluding carboxylic acids is 4. The number of benzene rings is 9. The summed E-state index contributed by atoms with van der Waals surface area (Å²) in [5.41, 5.74) is 2.78. The van der Waals surface area contributed by atoms with E-state index in [-0.39, 0.29) is 114 Å². The van der Waals surface area contributed by atoms with Crippen LogP contribution in [0.5, 0.6) is 0 Å². The monoisotopic (exact) mass is 1730 g/mol. The van der Waals surface area contributed by atoms with Gasteiger partial charge in [0.1, 0.15) is 5.82 Å². The molecular weight excluding hydrogens is 1660 g/mol. The van der Waals surface area contributed by atoms with Gasteiger partial charge in [-0.25, -0.2) is 82.8 Å². The Morgan fingerprint density at radius 3 is 0.810 bits per heavy atom. The molecule has 0 atom stereocenters.